The highest BCUT2D eigenvalue weighted by Crippen LogP contribution is 2.29. The normalized spacial score (nSPS) is 12.7. The summed E-state index contributed by atoms with van der Waals surface area (Å²) in [5, 5.41) is 7.65. The molecule has 1 aliphatic rings. The van der Waals surface area contributed by atoms with E-state index in [1.165, 1.54) is 0 Å². The Morgan fingerprint density at radius 3 is 2.59 bits per heavy atom. The van der Waals surface area contributed by atoms with Crippen LogP contribution in [-0.4, -0.2) is 28.1 Å². The monoisotopic (exact) mass is 388 g/mol. The predicted molar refractivity (Wildman–Crippen MR) is 112 cm³/mol. The van der Waals surface area contributed by atoms with E-state index in [-0.39, 0.29) is 11.8 Å². The van der Waals surface area contributed by atoms with Crippen LogP contribution in [0.3, 0.4) is 0 Å². The second-order valence-corrected chi connectivity index (χ2v) is 7.34. The predicted octanol–water partition coefficient (Wildman–Crippen LogP) is 3.33. The Labute approximate surface area is 170 Å². The van der Waals surface area contributed by atoms with E-state index in [0.717, 1.165) is 40.3 Å². The molecular weight excluding hydrogens is 364 g/mol. The third-order valence-electron chi connectivity index (χ3n) is 5.48. The number of para-hydroxylation sites is 1. The molecule has 3 aromatic rings. The topological polar surface area (TPSA) is 67.2 Å². The molecular formula is C23H24N4O2. The van der Waals surface area contributed by atoms with Crippen LogP contribution in [0, 0.1) is 13.8 Å². The summed E-state index contributed by atoms with van der Waals surface area (Å²) in [4.78, 5) is 26.2. The largest absolute Gasteiger partial charge is 0.348 e. The molecule has 0 unspecified atom stereocenters. The molecule has 0 saturated carbocycles. The molecule has 1 aromatic heterocycles. The molecule has 1 aliphatic heterocycles. The summed E-state index contributed by atoms with van der Waals surface area (Å²) in [5.74, 6) is -0.0948. The summed E-state index contributed by atoms with van der Waals surface area (Å²) in [6.45, 7) is 6.63. The van der Waals surface area contributed by atoms with Crippen LogP contribution in [0.4, 0.5) is 5.69 Å². The molecule has 1 N–H and O–H groups in total. The molecule has 2 aromatic carbocycles. The van der Waals surface area contributed by atoms with Gasteiger partial charge in [0.2, 0.25) is 5.91 Å². The van der Waals surface area contributed by atoms with Gasteiger partial charge in [0.15, 0.2) is 0 Å². The van der Waals surface area contributed by atoms with E-state index in [2.05, 4.69) is 10.4 Å². The maximum absolute atomic E-state index is 12.7. The molecule has 6 nitrogen and oxygen atoms in total. The van der Waals surface area contributed by atoms with Crippen molar-refractivity contribution in [3.63, 3.8) is 0 Å². The smallest absolute Gasteiger partial charge is 0.251 e. The number of rotatable bonds is 4. The SMILES string of the molecule is CC(=O)N1CCc2cc(C(=O)NCc3c(C)nn(-c4ccccc4)c3C)ccc21. The van der Waals surface area contributed by atoms with Gasteiger partial charge in [-0.15, -0.1) is 0 Å². The lowest BCUT2D eigenvalue weighted by molar-refractivity contribution is -0.116. The molecule has 0 fully saturated rings. The summed E-state index contributed by atoms with van der Waals surface area (Å²) in [6, 6.07) is 15.5. The van der Waals surface area contributed by atoms with E-state index in [4.69, 9.17) is 0 Å². The number of anilines is 1. The van der Waals surface area contributed by atoms with Crippen LogP contribution in [-0.2, 0) is 17.8 Å². The van der Waals surface area contributed by atoms with Crippen molar-refractivity contribution < 1.29 is 9.59 Å². The minimum absolute atomic E-state index is 0.0299. The van der Waals surface area contributed by atoms with Crippen LogP contribution >= 0.6 is 0 Å². The first-order chi connectivity index (χ1) is 14.0. The molecule has 0 spiro atoms. The first-order valence-corrected chi connectivity index (χ1v) is 9.75. The zero-order valence-corrected chi connectivity index (χ0v) is 16.9. The summed E-state index contributed by atoms with van der Waals surface area (Å²) in [6.07, 6.45) is 0.776. The fourth-order valence-corrected chi connectivity index (χ4v) is 3.89. The molecule has 0 bridgehead atoms. The average molecular weight is 388 g/mol. The summed E-state index contributed by atoms with van der Waals surface area (Å²) < 4.78 is 1.91. The first-order valence-electron chi connectivity index (χ1n) is 9.75. The van der Waals surface area contributed by atoms with E-state index in [1.807, 2.05) is 61.0 Å². The van der Waals surface area contributed by atoms with Crippen LogP contribution < -0.4 is 10.2 Å². The second-order valence-electron chi connectivity index (χ2n) is 7.34. The third-order valence-corrected chi connectivity index (χ3v) is 5.48. The van der Waals surface area contributed by atoms with Gasteiger partial charge in [0.25, 0.3) is 5.91 Å². The summed E-state index contributed by atoms with van der Waals surface area (Å²) in [5.41, 5.74) is 6.49. The molecule has 148 valence electrons. The summed E-state index contributed by atoms with van der Waals surface area (Å²) in [7, 11) is 0. The van der Waals surface area contributed by atoms with Crippen LogP contribution in [0.25, 0.3) is 5.69 Å². The molecule has 0 aliphatic carbocycles. The number of nitrogens with zero attached hydrogens (tertiary/aromatic N) is 3. The highest BCUT2D eigenvalue weighted by molar-refractivity contribution is 5.97. The Kier molecular flexibility index (Phi) is 4.92. The number of aryl methyl sites for hydroxylation is 1. The Bertz CT molecular complexity index is 1090. The second kappa shape index (κ2) is 7.54. The maximum atomic E-state index is 12.7. The Hall–Kier alpha value is -3.41. The van der Waals surface area contributed by atoms with E-state index in [9.17, 15) is 9.59 Å². The fraction of sp³-hybridized carbons (Fsp3) is 0.261. The number of carbonyl (C=O) groups is 2. The minimum atomic E-state index is -0.125. The number of nitrogens with one attached hydrogen (secondary N) is 1. The number of hydrogen-bond acceptors (Lipinski definition) is 3. The van der Waals surface area contributed by atoms with Gasteiger partial charge in [-0.1, -0.05) is 18.2 Å². The van der Waals surface area contributed by atoms with Gasteiger partial charge in [-0.2, -0.15) is 5.10 Å². The molecule has 2 amide bonds. The maximum Gasteiger partial charge on any atom is 0.251 e. The van der Waals surface area contributed by atoms with E-state index in [1.54, 1.807) is 17.9 Å². The standard InChI is InChI=1S/C23H24N4O2/c1-15-21(16(2)27(25-15)20-7-5-4-6-8-20)14-24-23(29)19-9-10-22-18(13-19)11-12-26(22)17(3)28/h4-10,13H,11-12,14H2,1-3H3,(H,24,29). The zero-order valence-electron chi connectivity index (χ0n) is 16.9. The third kappa shape index (κ3) is 3.53. The van der Waals surface area contributed by atoms with E-state index < -0.39 is 0 Å². The van der Waals surface area contributed by atoms with Crippen molar-refractivity contribution in [1.82, 2.24) is 15.1 Å². The number of amides is 2. The quantitative estimate of drug-likeness (QED) is 0.745. The van der Waals surface area contributed by atoms with Gasteiger partial charge < -0.3 is 10.2 Å². The van der Waals surface area contributed by atoms with Gasteiger partial charge in [0.1, 0.15) is 0 Å². The highest BCUT2D eigenvalue weighted by atomic mass is 16.2. The van der Waals surface area contributed by atoms with Gasteiger partial charge in [-0.3, -0.25) is 9.59 Å². The van der Waals surface area contributed by atoms with Crippen LogP contribution in [0.15, 0.2) is 48.5 Å². The van der Waals surface area contributed by atoms with Gasteiger partial charge in [-0.05, 0) is 56.2 Å². The lowest BCUT2D eigenvalue weighted by Gasteiger charge is -2.14. The number of carbonyl (C=O) groups excluding carboxylic acids is 2. The van der Waals surface area contributed by atoms with E-state index in [0.29, 0.717) is 18.7 Å². The van der Waals surface area contributed by atoms with Crippen molar-refractivity contribution in [1.29, 1.82) is 0 Å². The van der Waals surface area contributed by atoms with Crippen molar-refractivity contribution in [3.05, 3.63) is 76.6 Å². The molecule has 0 atom stereocenters. The minimum Gasteiger partial charge on any atom is -0.348 e. The van der Waals surface area contributed by atoms with Crippen molar-refractivity contribution in [3.8, 4) is 5.69 Å². The van der Waals surface area contributed by atoms with Gasteiger partial charge >= 0.3 is 0 Å². The average Bonchev–Trinajstić information content (AvgIpc) is 3.27. The first kappa shape index (κ1) is 18.9. The molecule has 29 heavy (non-hydrogen) atoms. The Morgan fingerprint density at radius 1 is 1.10 bits per heavy atom. The van der Waals surface area contributed by atoms with E-state index >= 15 is 0 Å². The van der Waals surface area contributed by atoms with Gasteiger partial charge in [0, 0.05) is 42.5 Å². The lowest BCUT2D eigenvalue weighted by Crippen LogP contribution is -2.26. The van der Waals surface area contributed by atoms with Crippen LogP contribution in [0.2, 0.25) is 0 Å². The molecule has 4 rings (SSSR count). The Morgan fingerprint density at radius 2 is 1.86 bits per heavy atom. The number of hydrogen-bond donors (Lipinski definition) is 1. The van der Waals surface area contributed by atoms with Crippen molar-refractivity contribution >= 4 is 17.5 Å². The fourth-order valence-electron chi connectivity index (χ4n) is 3.89. The highest BCUT2D eigenvalue weighted by Gasteiger charge is 2.23. The van der Waals surface area contributed by atoms with Crippen molar-refractivity contribution in [2.24, 2.45) is 0 Å². The van der Waals surface area contributed by atoms with Crippen molar-refractivity contribution in [2.75, 3.05) is 11.4 Å². The zero-order chi connectivity index (χ0) is 20.5. The Balaban J connectivity index is 1.50. The lowest BCUT2D eigenvalue weighted by atomic mass is 10.1. The summed E-state index contributed by atoms with van der Waals surface area (Å²) >= 11 is 0. The number of benzene rings is 2. The molecule has 2 heterocycles. The van der Waals surface area contributed by atoms with Crippen LogP contribution in [0.5, 0.6) is 0 Å². The van der Waals surface area contributed by atoms with Gasteiger partial charge in [-0.25, -0.2) is 4.68 Å². The molecule has 0 radical (unpaired) electrons. The van der Waals surface area contributed by atoms with Crippen LogP contribution in [0.1, 0.15) is 39.8 Å². The molecule has 6 heteroatoms. The van der Waals surface area contributed by atoms with Crippen molar-refractivity contribution in [2.45, 2.75) is 33.7 Å². The van der Waals surface area contributed by atoms with Gasteiger partial charge in [0.05, 0.1) is 11.4 Å². The number of aromatic nitrogens is 2. The molecule has 0 saturated heterocycles. The number of fused-ring (bicyclic) bond motifs is 1.